The van der Waals surface area contributed by atoms with Gasteiger partial charge >= 0.3 is 5.97 Å². The zero-order chi connectivity index (χ0) is 15.4. The van der Waals surface area contributed by atoms with Crippen LogP contribution in [0.4, 0.5) is 0 Å². The third-order valence-corrected chi connectivity index (χ3v) is 3.63. The molecule has 8 heteroatoms. The molecule has 22 heavy (non-hydrogen) atoms. The number of carboxylic acids is 1. The number of rotatable bonds is 4. The number of amides is 1. The fourth-order valence-corrected chi connectivity index (χ4v) is 2.37. The van der Waals surface area contributed by atoms with E-state index in [-0.39, 0.29) is 31.5 Å². The summed E-state index contributed by atoms with van der Waals surface area (Å²) >= 11 is 5.80. The van der Waals surface area contributed by atoms with Crippen LogP contribution in [0.3, 0.4) is 0 Å². The summed E-state index contributed by atoms with van der Waals surface area (Å²) < 4.78 is 5.10. The number of aliphatic carboxylic acids is 1. The minimum Gasteiger partial charge on any atom is -0.480 e. The van der Waals surface area contributed by atoms with Crippen LogP contribution in [0.2, 0.25) is 5.02 Å². The number of hydrogen-bond donors (Lipinski definition) is 2. The quantitative estimate of drug-likeness (QED) is 0.844. The molecule has 0 bridgehead atoms. The van der Waals surface area contributed by atoms with E-state index in [1.54, 1.807) is 24.3 Å². The zero-order valence-electron chi connectivity index (χ0n) is 11.8. The number of nitrogens with zero attached hydrogens (tertiary/aromatic N) is 1. The maximum absolute atomic E-state index is 12.3. The van der Waals surface area contributed by atoms with Gasteiger partial charge in [0, 0.05) is 11.6 Å². The molecule has 0 aliphatic carbocycles. The van der Waals surface area contributed by atoms with Crippen molar-refractivity contribution in [2.45, 2.75) is 18.5 Å². The molecule has 1 saturated heterocycles. The van der Waals surface area contributed by atoms with Gasteiger partial charge in [-0.25, -0.2) is 4.79 Å². The summed E-state index contributed by atoms with van der Waals surface area (Å²) in [6, 6.07) is 5.28. The summed E-state index contributed by atoms with van der Waals surface area (Å²) in [5.41, 5.74) is 6.80. The predicted molar refractivity (Wildman–Crippen MR) is 84.3 cm³/mol. The van der Waals surface area contributed by atoms with Crippen LogP contribution in [0, 0.1) is 0 Å². The number of nitrogens with two attached hydrogens (primary N) is 1. The fraction of sp³-hybridized carbons (Fsp3) is 0.429. The van der Waals surface area contributed by atoms with E-state index in [0.717, 1.165) is 5.56 Å². The van der Waals surface area contributed by atoms with Gasteiger partial charge in [0.25, 0.3) is 0 Å². The summed E-state index contributed by atoms with van der Waals surface area (Å²) in [5.74, 6) is -1.46. The van der Waals surface area contributed by atoms with Crippen LogP contribution in [0.1, 0.15) is 5.56 Å². The Bertz CT molecular complexity index is 524. The molecule has 6 nitrogen and oxygen atoms in total. The van der Waals surface area contributed by atoms with E-state index in [9.17, 15) is 9.59 Å². The van der Waals surface area contributed by atoms with Crippen LogP contribution in [-0.2, 0) is 20.7 Å². The van der Waals surface area contributed by atoms with Gasteiger partial charge in [0.05, 0.1) is 19.3 Å². The standard InChI is InChI=1S/C14H17ClN2O4.ClH/c15-10-3-1-9(2-4-10)7-11(16)13(18)17-5-6-21-8-12(17)14(19)20;/h1-4,11-12H,5-8,16H2,(H,19,20);1H/t11?,12-;/m0./s1. The molecule has 1 aromatic carbocycles. The first kappa shape index (κ1) is 18.7. The van der Waals surface area contributed by atoms with Gasteiger partial charge in [-0.05, 0) is 24.1 Å². The van der Waals surface area contributed by atoms with Crippen LogP contribution in [0.5, 0.6) is 0 Å². The van der Waals surface area contributed by atoms with Crippen LogP contribution in [0.25, 0.3) is 0 Å². The highest BCUT2D eigenvalue weighted by Gasteiger charge is 2.34. The SMILES string of the molecule is Cl.NC(Cc1ccc(Cl)cc1)C(=O)N1CCOC[C@H]1C(=O)O. The van der Waals surface area contributed by atoms with E-state index < -0.39 is 18.1 Å². The van der Waals surface area contributed by atoms with E-state index in [4.69, 9.17) is 27.2 Å². The summed E-state index contributed by atoms with van der Waals surface area (Å²) in [6.07, 6.45) is 0.333. The normalized spacial score (nSPS) is 19.2. The minimum absolute atomic E-state index is 0. The van der Waals surface area contributed by atoms with E-state index in [1.807, 2.05) is 0 Å². The second-order valence-corrected chi connectivity index (χ2v) is 5.33. The van der Waals surface area contributed by atoms with E-state index in [1.165, 1.54) is 4.90 Å². The Morgan fingerprint density at radius 3 is 2.64 bits per heavy atom. The van der Waals surface area contributed by atoms with Crippen molar-refractivity contribution in [1.29, 1.82) is 0 Å². The van der Waals surface area contributed by atoms with Crippen molar-refractivity contribution >= 4 is 35.9 Å². The molecular formula is C14H18Cl2N2O4. The Morgan fingerprint density at radius 2 is 2.05 bits per heavy atom. The smallest absolute Gasteiger partial charge is 0.328 e. The van der Waals surface area contributed by atoms with Gasteiger partial charge in [-0.2, -0.15) is 0 Å². The largest absolute Gasteiger partial charge is 0.480 e. The molecule has 0 spiro atoms. The Labute approximate surface area is 139 Å². The van der Waals surface area contributed by atoms with Crippen molar-refractivity contribution < 1.29 is 19.4 Å². The molecule has 2 atom stereocenters. The lowest BCUT2D eigenvalue weighted by molar-refractivity contribution is -0.158. The van der Waals surface area contributed by atoms with Crippen LogP contribution >= 0.6 is 24.0 Å². The van der Waals surface area contributed by atoms with E-state index in [2.05, 4.69) is 0 Å². The maximum atomic E-state index is 12.3. The van der Waals surface area contributed by atoms with E-state index >= 15 is 0 Å². The maximum Gasteiger partial charge on any atom is 0.328 e. The molecule has 122 valence electrons. The lowest BCUT2D eigenvalue weighted by atomic mass is 10.0. The van der Waals surface area contributed by atoms with Crippen molar-refractivity contribution in [1.82, 2.24) is 4.90 Å². The molecule has 1 aliphatic rings. The minimum atomic E-state index is -1.08. The molecule has 0 saturated carbocycles. The van der Waals surface area contributed by atoms with Gasteiger partial charge in [0.15, 0.2) is 6.04 Å². The number of halogens is 2. The van der Waals surface area contributed by atoms with Crippen LogP contribution in [0.15, 0.2) is 24.3 Å². The number of carboxylic acid groups (broad SMARTS) is 1. The molecule has 1 unspecified atom stereocenters. The predicted octanol–water partition coefficient (Wildman–Crippen LogP) is 0.944. The lowest BCUT2D eigenvalue weighted by Gasteiger charge is -2.34. The lowest BCUT2D eigenvalue weighted by Crippen LogP contribution is -2.57. The van der Waals surface area contributed by atoms with Crippen LogP contribution < -0.4 is 5.73 Å². The number of ether oxygens (including phenoxy) is 1. The third-order valence-electron chi connectivity index (χ3n) is 3.38. The molecule has 3 N–H and O–H groups in total. The van der Waals surface area contributed by atoms with Crippen molar-refractivity contribution in [3.05, 3.63) is 34.9 Å². The van der Waals surface area contributed by atoms with Gasteiger partial charge < -0.3 is 20.5 Å². The molecular weight excluding hydrogens is 331 g/mol. The average Bonchev–Trinajstić information content (AvgIpc) is 2.48. The molecule has 0 aromatic heterocycles. The molecule has 1 fully saturated rings. The van der Waals surface area contributed by atoms with Gasteiger partial charge in [-0.1, -0.05) is 23.7 Å². The number of hydrogen-bond acceptors (Lipinski definition) is 4. The first-order valence-electron chi connectivity index (χ1n) is 6.60. The fourth-order valence-electron chi connectivity index (χ4n) is 2.25. The number of carbonyl (C=O) groups excluding carboxylic acids is 1. The Kier molecular flexibility index (Phi) is 7.09. The number of carbonyl (C=O) groups is 2. The topological polar surface area (TPSA) is 92.9 Å². The van der Waals surface area contributed by atoms with Gasteiger partial charge in [0.1, 0.15) is 0 Å². The summed E-state index contributed by atoms with van der Waals surface area (Å²) in [4.78, 5) is 24.8. The van der Waals surface area contributed by atoms with Crippen molar-refractivity contribution in [3.63, 3.8) is 0 Å². The molecule has 1 aromatic rings. The van der Waals surface area contributed by atoms with E-state index in [0.29, 0.717) is 18.1 Å². The Morgan fingerprint density at radius 1 is 1.41 bits per heavy atom. The monoisotopic (exact) mass is 348 g/mol. The van der Waals surface area contributed by atoms with Gasteiger partial charge in [-0.15, -0.1) is 12.4 Å². The second-order valence-electron chi connectivity index (χ2n) is 4.90. The zero-order valence-corrected chi connectivity index (χ0v) is 13.3. The highest BCUT2D eigenvalue weighted by atomic mass is 35.5. The molecule has 1 amide bonds. The van der Waals surface area contributed by atoms with Crippen LogP contribution in [-0.4, -0.2) is 53.7 Å². The highest BCUT2D eigenvalue weighted by molar-refractivity contribution is 6.30. The molecule has 1 aliphatic heterocycles. The third kappa shape index (κ3) is 4.58. The summed E-state index contributed by atoms with van der Waals surface area (Å²) in [7, 11) is 0. The van der Waals surface area contributed by atoms with Crippen molar-refractivity contribution in [2.75, 3.05) is 19.8 Å². The van der Waals surface area contributed by atoms with Crippen molar-refractivity contribution in [2.24, 2.45) is 5.73 Å². The first-order chi connectivity index (χ1) is 9.99. The summed E-state index contributed by atoms with van der Waals surface area (Å²) in [6.45, 7) is 0.558. The summed E-state index contributed by atoms with van der Waals surface area (Å²) in [5, 5.41) is 9.74. The first-order valence-corrected chi connectivity index (χ1v) is 6.98. The van der Waals surface area contributed by atoms with Crippen molar-refractivity contribution in [3.8, 4) is 0 Å². The molecule has 1 heterocycles. The number of benzene rings is 1. The number of morpholine rings is 1. The molecule has 2 rings (SSSR count). The second kappa shape index (κ2) is 8.33. The Hall–Kier alpha value is -1.34. The Balaban J connectivity index is 0.00000242. The van der Waals surface area contributed by atoms with Gasteiger partial charge in [0.2, 0.25) is 5.91 Å². The van der Waals surface area contributed by atoms with Gasteiger partial charge in [-0.3, -0.25) is 4.79 Å². The average molecular weight is 349 g/mol. The highest BCUT2D eigenvalue weighted by Crippen LogP contribution is 2.13. The molecule has 0 radical (unpaired) electrons.